The quantitative estimate of drug-likeness (QED) is 0.372. The lowest BCUT2D eigenvalue weighted by molar-refractivity contribution is -0.388. The van der Waals surface area contributed by atoms with Gasteiger partial charge in [-0.2, -0.15) is 4.39 Å². The van der Waals surface area contributed by atoms with E-state index in [1.54, 1.807) is 0 Å². The molecule has 1 rings (SSSR count). The number of nitro benzene ring substituents is 1. The largest absolute Gasteiger partial charge is 0.316 e. The molecule has 1 aromatic carbocycles. The Kier molecular flexibility index (Phi) is 1.99. The summed E-state index contributed by atoms with van der Waals surface area (Å²) in [6.07, 6.45) is 0. The molecule has 0 aliphatic rings. The van der Waals surface area contributed by atoms with E-state index in [2.05, 4.69) is 0 Å². The third-order valence-electron chi connectivity index (χ3n) is 1.10. The molecule has 0 spiro atoms. The summed E-state index contributed by atoms with van der Waals surface area (Å²) in [5, 5.41) is 9.93. The average Bonchev–Trinajstić information content (AvgIpc) is 1.96. The summed E-state index contributed by atoms with van der Waals surface area (Å²) in [5.74, 6) is -4.51. The van der Waals surface area contributed by atoms with Gasteiger partial charge in [0.25, 0.3) is 0 Å². The standard InChI is InChI=1S/C6HF3NO2/c7-3-1-5(9)6(10(11)12)2-4(3)8/h1H. The van der Waals surface area contributed by atoms with Crippen LogP contribution in [0.25, 0.3) is 0 Å². The van der Waals surface area contributed by atoms with E-state index in [4.69, 9.17) is 0 Å². The number of halogens is 3. The molecule has 0 aliphatic heterocycles. The van der Waals surface area contributed by atoms with Crippen LogP contribution in [-0.2, 0) is 0 Å². The fourth-order valence-corrected chi connectivity index (χ4v) is 0.599. The summed E-state index contributed by atoms with van der Waals surface area (Å²) >= 11 is 0. The first kappa shape index (κ1) is 8.51. The van der Waals surface area contributed by atoms with Crippen LogP contribution in [0.2, 0.25) is 0 Å². The van der Waals surface area contributed by atoms with Crippen molar-refractivity contribution in [3.63, 3.8) is 0 Å². The van der Waals surface area contributed by atoms with Crippen molar-refractivity contribution in [1.29, 1.82) is 0 Å². The maximum Gasteiger partial charge on any atom is 0.316 e. The summed E-state index contributed by atoms with van der Waals surface area (Å²) in [6.45, 7) is 0. The molecule has 0 amide bonds. The van der Waals surface area contributed by atoms with Gasteiger partial charge in [-0.3, -0.25) is 10.1 Å². The van der Waals surface area contributed by atoms with Crippen LogP contribution >= 0.6 is 0 Å². The molecule has 0 bridgehead atoms. The first-order valence-electron chi connectivity index (χ1n) is 2.73. The van der Waals surface area contributed by atoms with Gasteiger partial charge in [-0.05, 0) is 0 Å². The van der Waals surface area contributed by atoms with Crippen LogP contribution in [0.1, 0.15) is 0 Å². The SMILES string of the molecule is O=[N+]([O-])c1[c]c(F)c(F)cc1F. The van der Waals surface area contributed by atoms with Crippen LogP contribution < -0.4 is 0 Å². The highest BCUT2D eigenvalue weighted by Crippen LogP contribution is 2.19. The van der Waals surface area contributed by atoms with E-state index >= 15 is 0 Å². The fourth-order valence-electron chi connectivity index (χ4n) is 0.599. The van der Waals surface area contributed by atoms with Gasteiger partial charge < -0.3 is 0 Å². The molecule has 1 aromatic rings. The zero-order valence-corrected chi connectivity index (χ0v) is 5.47. The second-order valence-corrected chi connectivity index (χ2v) is 1.88. The predicted octanol–water partition coefficient (Wildman–Crippen LogP) is 1.81. The second kappa shape index (κ2) is 2.80. The average molecular weight is 176 g/mol. The monoisotopic (exact) mass is 176 g/mol. The van der Waals surface area contributed by atoms with Gasteiger partial charge in [-0.15, -0.1) is 0 Å². The molecule has 0 heterocycles. The smallest absolute Gasteiger partial charge is 0.258 e. The van der Waals surface area contributed by atoms with Crippen molar-refractivity contribution in [2.24, 2.45) is 0 Å². The van der Waals surface area contributed by atoms with Gasteiger partial charge in [0.05, 0.1) is 4.92 Å². The Hall–Kier alpha value is -1.59. The zero-order chi connectivity index (χ0) is 9.30. The van der Waals surface area contributed by atoms with E-state index < -0.39 is 28.1 Å². The Morgan fingerprint density at radius 2 is 1.92 bits per heavy atom. The second-order valence-electron chi connectivity index (χ2n) is 1.88. The highest BCUT2D eigenvalue weighted by molar-refractivity contribution is 5.30. The summed E-state index contributed by atoms with van der Waals surface area (Å²) < 4.78 is 36.8. The molecule has 63 valence electrons. The van der Waals surface area contributed by atoms with Crippen molar-refractivity contribution in [3.05, 3.63) is 39.7 Å². The van der Waals surface area contributed by atoms with Crippen molar-refractivity contribution < 1.29 is 18.1 Å². The highest BCUT2D eigenvalue weighted by Gasteiger charge is 2.18. The van der Waals surface area contributed by atoms with Gasteiger partial charge in [-0.25, -0.2) is 8.78 Å². The molecule has 0 saturated carbocycles. The molecule has 0 fully saturated rings. The van der Waals surface area contributed by atoms with Gasteiger partial charge in [0.1, 0.15) is 6.07 Å². The minimum atomic E-state index is -1.57. The van der Waals surface area contributed by atoms with Gasteiger partial charge in [0.2, 0.25) is 5.82 Å². The van der Waals surface area contributed by atoms with Gasteiger partial charge in [-0.1, -0.05) is 0 Å². The van der Waals surface area contributed by atoms with Crippen molar-refractivity contribution in [3.8, 4) is 0 Å². The van der Waals surface area contributed by atoms with E-state index in [9.17, 15) is 23.3 Å². The Labute approximate surface area is 64.6 Å². The first-order valence-corrected chi connectivity index (χ1v) is 2.73. The minimum absolute atomic E-state index is 0.101. The Morgan fingerprint density at radius 1 is 1.33 bits per heavy atom. The van der Waals surface area contributed by atoms with E-state index in [0.717, 1.165) is 0 Å². The molecule has 1 radical (unpaired) electrons. The van der Waals surface area contributed by atoms with Gasteiger partial charge >= 0.3 is 5.69 Å². The van der Waals surface area contributed by atoms with Crippen LogP contribution in [0.4, 0.5) is 18.9 Å². The van der Waals surface area contributed by atoms with E-state index in [-0.39, 0.29) is 6.07 Å². The topological polar surface area (TPSA) is 43.1 Å². The molecular formula is C6HF3NO2. The lowest BCUT2D eigenvalue weighted by Crippen LogP contribution is -1.96. The molecule has 6 heteroatoms. The van der Waals surface area contributed by atoms with Crippen LogP contribution in [0, 0.1) is 33.6 Å². The van der Waals surface area contributed by atoms with E-state index in [1.807, 2.05) is 0 Å². The minimum Gasteiger partial charge on any atom is -0.258 e. The number of rotatable bonds is 1. The Balaban J connectivity index is 3.33. The summed E-state index contributed by atoms with van der Waals surface area (Å²) in [4.78, 5) is 8.75. The molecule has 3 nitrogen and oxygen atoms in total. The van der Waals surface area contributed by atoms with Gasteiger partial charge in [0, 0.05) is 6.07 Å². The van der Waals surface area contributed by atoms with Gasteiger partial charge in [0.15, 0.2) is 11.6 Å². The number of nitro groups is 1. The Bertz CT molecular complexity index is 340. The fraction of sp³-hybridized carbons (Fsp3) is 0. The summed E-state index contributed by atoms with van der Waals surface area (Å²) in [7, 11) is 0. The van der Waals surface area contributed by atoms with E-state index in [1.165, 1.54) is 6.07 Å². The summed E-state index contributed by atoms with van der Waals surface area (Å²) in [6, 6.07) is 1.43. The van der Waals surface area contributed by atoms with Crippen molar-refractivity contribution in [2.75, 3.05) is 0 Å². The third-order valence-corrected chi connectivity index (χ3v) is 1.10. The molecule has 0 aliphatic carbocycles. The molecule has 12 heavy (non-hydrogen) atoms. The molecule has 0 unspecified atom stereocenters. The van der Waals surface area contributed by atoms with E-state index in [0.29, 0.717) is 0 Å². The highest BCUT2D eigenvalue weighted by atomic mass is 19.2. The number of hydrogen-bond donors (Lipinski definition) is 0. The lowest BCUT2D eigenvalue weighted by atomic mass is 10.3. The molecule has 0 aromatic heterocycles. The van der Waals surface area contributed by atoms with Crippen LogP contribution in [0.3, 0.4) is 0 Å². The van der Waals surface area contributed by atoms with Crippen molar-refractivity contribution in [2.45, 2.75) is 0 Å². The van der Waals surface area contributed by atoms with Crippen molar-refractivity contribution in [1.82, 2.24) is 0 Å². The molecular weight excluding hydrogens is 175 g/mol. The first-order chi connectivity index (χ1) is 5.52. The van der Waals surface area contributed by atoms with Crippen LogP contribution in [0.5, 0.6) is 0 Å². The van der Waals surface area contributed by atoms with Crippen molar-refractivity contribution >= 4 is 5.69 Å². The Morgan fingerprint density at radius 3 is 2.42 bits per heavy atom. The number of nitrogens with zero attached hydrogens (tertiary/aromatic N) is 1. The lowest BCUT2D eigenvalue weighted by Gasteiger charge is -1.93. The maximum atomic E-state index is 12.4. The molecule has 0 atom stereocenters. The third kappa shape index (κ3) is 1.36. The molecule has 0 N–H and O–H groups in total. The summed E-state index contributed by atoms with van der Waals surface area (Å²) in [5.41, 5.74) is -1.20. The molecule has 0 saturated heterocycles. The maximum absolute atomic E-state index is 12.4. The van der Waals surface area contributed by atoms with Crippen LogP contribution in [-0.4, -0.2) is 4.92 Å². The predicted molar refractivity (Wildman–Crippen MR) is 31.8 cm³/mol. The normalized spacial score (nSPS) is 9.92. The zero-order valence-electron chi connectivity index (χ0n) is 5.47. The van der Waals surface area contributed by atoms with Crippen LogP contribution in [0.15, 0.2) is 6.07 Å². The number of benzene rings is 1. The number of hydrogen-bond acceptors (Lipinski definition) is 2.